The Morgan fingerprint density at radius 1 is 1.00 bits per heavy atom. The van der Waals surface area contributed by atoms with Gasteiger partial charge in [0, 0.05) is 6.54 Å². The Balaban J connectivity index is 2.15. The molecule has 0 aromatic heterocycles. The van der Waals surface area contributed by atoms with Gasteiger partial charge in [-0.05, 0) is 35.9 Å². The first-order chi connectivity index (χ1) is 12.4. The normalized spacial score (nSPS) is 9.96. The first-order valence-electron chi connectivity index (χ1n) is 7.54. The third-order valence-corrected chi connectivity index (χ3v) is 3.44. The van der Waals surface area contributed by atoms with Gasteiger partial charge in [-0.1, -0.05) is 12.1 Å². The molecule has 8 heteroatoms. The van der Waals surface area contributed by atoms with Crippen molar-refractivity contribution in [3.8, 4) is 0 Å². The minimum atomic E-state index is -0.679. The van der Waals surface area contributed by atoms with E-state index in [1.54, 1.807) is 6.07 Å². The molecule has 0 saturated carbocycles. The molecule has 0 spiro atoms. The molecule has 0 saturated heterocycles. The van der Waals surface area contributed by atoms with E-state index in [1.807, 2.05) is 0 Å². The van der Waals surface area contributed by atoms with Gasteiger partial charge in [-0.3, -0.25) is 0 Å². The number of anilines is 1. The van der Waals surface area contributed by atoms with Crippen LogP contribution >= 0.6 is 0 Å². The van der Waals surface area contributed by atoms with Gasteiger partial charge in [0.1, 0.15) is 5.82 Å². The number of hydrogen-bond donors (Lipinski definition) is 2. The summed E-state index contributed by atoms with van der Waals surface area (Å²) < 4.78 is 22.4. The molecule has 0 heterocycles. The zero-order valence-corrected chi connectivity index (χ0v) is 14.2. The van der Waals surface area contributed by atoms with Gasteiger partial charge in [0.15, 0.2) is 0 Å². The number of carbonyl (C=O) groups excluding carboxylic acids is 3. The summed E-state index contributed by atoms with van der Waals surface area (Å²) in [6, 6.07) is 9.17. The number of ether oxygens (including phenoxy) is 2. The van der Waals surface area contributed by atoms with Crippen LogP contribution in [0.15, 0.2) is 42.5 Å². The summed E-state index contributed by atoms with van der Waals surface area (Å²) in [5.41, 5.74) is 0.870. The van der Waals surface area contributed by atoms with Crippen LogP contribution in [-0.4, -0.2) is 32.2 Å². The molecule has 7 nitrogen and oxygen atoms in total. The second kappa shape index (κ2) is 8.61. The highest BCUT2D eigenvalue weighted by Gasteiger charge is 2.17. The molecule has 0 aliphatic heterocycles. The van der Waals surface area contributed by atoms with Crippen LogP contribution < -0.4 is 10.6 Å². The molecule has 0 atom stereocenters. The Labute approximate surface area is 149 Å². The van der Waals surface area contributed by atoms with Crippen molar-refractivity contribution >= 4 is 23.7 Å². The predicted octanol–water partition coefficient (Wildman–Crippen LogP) is 2.72. The van der Waals surface area contributed by atoms with Crippen molar-refractivity contribution in [1.82, 2.24) is 5.32 Å². The van der Waals surface area contributed by atoms with Crippen molar-refractivity contribution in [2.45, 2.75) is 6.54 Å². The van der Waals surface area contributed by atoms with Crippen molar-refractivity contribution in [2.75, 3.05) is 19.5 Å². The molecule has 0 aliphatic rings. The van der Waals surface area contributed by atoms with Crippen molar-refractivity contribution in [3.63, 3.8) is 0 Å². The molecule has 2 N–H and O–H groups in total. The van der Waals surface area contributed by atoms with Crippen LogP contribution in [0.25, 0.3) is 0 Å². The maximum absolute atomic E-state index is 13.1. The molecule has 0 aliphatic carbocycles. The third kappa shape index (κ3) is 4.79. The lowest BCUT2D eigenvalue weighted by Gasteiger charge is -2.12. The minimum Gasteiger partial charge on any atom is -0.465 e. The van der Waals surface area contributed by atoms with E-state index in [-0.39, 0.29) is 23.4 Å². The fraction of sp³-hybridized carbons (Fsp3) is 0.167. The quantitative estimate of drug-likeness (QED) is 0.800. The van der Waals surface area contributed by atoms with Gasteiger partial charge in [-0.15, -0.1) is 0 Å². The first kappa shape index (κ1) is 18.9. The number of benzene rings is 2. The smallest absolute Gasteiger partial charge is 0.339 e. The molecule has 136 valence electrons. The van der Waals surface area contributed by atoms with Gasteiger partial charge in [0.05, 0.1) is 31.0 Å². The molecular weight excluding hydrogens is 343 g/mol. The minimum absolute atomic E-state index is 0.0704. The number of esters is 2. The first-order valence-corrected chi connectivity index (χ1v) is 7.54. The predicted molar refractivity (Wildman–Crippen MR) is 91.4 cm³/mol. The second-order valence-corrected chi connectivity index (χ2v) is 5.18. The topological polar surface area (TPSA) is 93.7 Å². The van der Waals surface area contributed by atoms with Crippen molar-refractivity contribution in [1.29, 1.82) is 0 Å². The van der Waals surface area contributed by atoms with Gasteiger partial charge in [0.25, 0.3) is 0 Å². The lowest BCUT2D eigenvalue weighted by molar-refractivity contribution is 0.0587. The SMILES string of the molecule is COC(=O)c1ccc(C(=O)OC)c(NC(=O)NCc2cccc(F)c2)c1. The molecule has 2 aromatic carbocycles. The van der Waals surface area contributed by atoms with E-state index in [4.69, 9.17) is 0 Å². The second-order valence-electron chi connectivity index (χ2n) is 5.18. The maximum Gasteiger partial charge on any atom is 0.339 e. The molecular formula is C18H17FN2O5. The number of carbonyl (C=O) groups is 3. The van der Waals surface area contributed by atoms with E-state index in [2.05, 4.69) is 20.1 Å². The van der Waals surface area contributed by atoms with Gasteiger partial charge >= 0.3 is 18.0 Å². The van der Waals surface area contributed by atoms with Gasteiger partial charge in [-0.2, -0.15) is 0 Å². The van der Waals surface area contributed by atoms with E-state index < -0.39 is 23.8 Å². The van der Waals surface area contributed by atoms with Crippen molar-refractivity contribution in [2.24, 2.45) is 0 Å². The van der Waals surface area contributed by atoms with E-state index in [9.17, 15) is 18.8 Å². The van der Waals surface area contributed by atoms with Crippen LogP contribution in [-0.2, 0) is 16.0 Å². The highest BCUT2D eigenvalue weighted by molar-refractivity contribution is 6.03. The Morgan fingerprint density at radius 3 is 2.38 bits per heavy atom. The highest BCUT2D eigenvalue weighted by atomic mass is 19.1. The molecule has 26 heavy (non-hydrogen) atoms. The standard InChI is InChI=1S/C18H17FN2O5/c1-25-16(22)12-6-7-14(17(23)26-2)15(9-12)21-18(24)20-10-11-4-3-5-13(19)8-11/h3-9H,10H2,1-2H3,(H2,20,21,24). The molecule has 0 fully saturated rings. The largest absolute Gasteiger partial charge is 0.465 e. The Hall–Kier alpha value is -3.42. The molecule has 0 unspecified atom stereocenters. The third-order valence-electron chi connectivity index (χ3n) is 3.44. The van der Waals surface area contributed by atoms with Gasteiger partial charge in [0.2, 0.25) is 0 Å². The molecule has 0 radical (unpaired) electrons. The molecule has 2 amide bonds. The van der Waals surface area contributed by atoms with Crippen LogP contribution in [0.1, 0.15) is 26.3 Å². The summed E-state index contributed by atoms with van der Waals surface area (Å²) in [6.07, 6.45) is 0. The zero-order chi connectivity index (χ0) is 19.1. The number of rotatable bonds is 5. The number of urea groups is 1. The van der Waals surface area contributed by atoms with E-state index in [1.165, 1.54) is 50.6 Å². The number of methoxy groups -OCH3 is 2. The number of nitrogens with one attached hydrogen (secondary N) is 2. The maximum atomic E-state index is 13.1. The van der Waals surface area contributed by atoms with Crippen molar-refractivity contribution in [3.05, 3.63) is 65.0 Å². The highest BCUT2D eigenvalue weighted by Crippen LogP contribution is 2.19. The lowest BCUT2D eigenvalue weighted by Crippen LogP contribution is -2.29. The van der Waals surface area contributed by atoms with E-state index in [0.717, 1.165) is 0 Å². The number of halogens is 1. The summed E-state index contributed by atoms with van der Waals surface area (Å²) in [6.45, 7) is 0.0772. The molecule has 2 rings (SSSR count). The lowest BCUT2D eigenvalue weighted by atomic mass is 10.1. The summed E-state index contributed by atoms with van der Waals surface area (Å²) in [4.78, 5) is 35.6. The fourth-order valence-corrected chi connectivity index (χ4v) is 2.18. The average Bonchev–Trinajstić information content (AvgIpc) is 2.65. The zero-order valence-electron chi connectivity index (χ0n) is 14.2. The average molecular weight is 360 g/mol. The Bertz CT molecular complexity index is 838. The Kier molecular flexibility index (Phi) is 6.26. The van der Waals surface area contributed by atoms with Crippen LogP contribution in [0, 0.1) is 5.82 Å². The van der Waals surface area contributed by atoms with E-state index >= 15 is 0 Å². The van der Waals surface area contributed by atoms with Crippen LogP contribution in [0.5, 0.6) is 0 Å². The van der Waals surface area contributed by atoms with Gasteiger partial charge < -0.3 is 20.1 Å². The van der Waals surface area contributed by atoms with Crippen LogP contribution in [0.3, 0.4) is 0 Å². The summed E-state index contributed by atoms with van der Waals surface area (Å²) >= 11 is 0. The van der Waals surface area contributed by atoms with E-state index in [0.29, 0.717) is 5.56 Å². The monoisotopic (exact) mass is 360 g/mol. The summed E-state index contributed by atoms with van der Waals surface area (Å²) in [5, 5.41) is 5.01. The van der Waals surface area contributed by atoms with Crippen molar-refractivity contribution < 1.29 is 28.2 Å². The van der Waals surface area contributed by atoms with Crippen LogP contribution in [0.2, 0.25) is 0 Å². The molecule has 0 bridgehead atoms. The Morgan fingerprint density at radius 2 is 1.73 bits per heavy atom. The summed E-state index contributed by atoms with van der Waals surface area (Å²) in [7, 11) is 2.42. The van der Waals surface area contributed by atoms with Crippen LogP contribution in [0.4, 0.5) is 14.9 Å². The number of hydrogen-bond acceptors (Lipinski definition) is 5. The number of amides is 2. The van der Waals surface area contributed by atoms with Gasteiger partial charge in [-0.25, -0.2) is 18.8 Å². The fourth-order valence-electron chi connectivity index (χ4n) is 2.18. The molecule has 2 aromatic rings. The summed E-state index contributed by atoms with van der Waals surface area (Å²) in [5.74, 6) is -1.71.